The fourth-order valence-electron chi connectivity index (χ4n) is 2.88. The summed E-state index contributed by atoms with van der Waals surface area (Å²) in [5, 5.41) is 0. The van der Waals surface area contributed by atoms with Gasteiger partial charge < -0.3 is 0 Å². The van der Waals surface area contributed by atoms with Crippen LogP contribution in [0.5, 0.6) is 0 Å². The molecule has 1 saturated carbocycles. The Kier molecular flexibility index (Phi) is 5.38. The maximum atomic E-state index is 11.9. The monoisotopic (exact) mass is 256 g/mol. The van der Waals surface area contributed by atoms with Gasteiger partial charge in [0.15, 0.2) is 0 Å². The van der Waals surface area contributed by atoms with Crippen LogP contribution in [0.15, 0.2) is 35.9 Å². The summed E-state index contributed by atoms with van der Waals surface area (Å²) in [7, 11) is 0. The highest BCUT2D eigenvalue weighted by Crippen LogP contribution is 2.35. The van der Waals surface area contributed by atoms with Gasteiger partial charge in [-0.1, -0.05) is 55.3 Å². The first-order valence-electron chi connectivity index (χ1n) is 7.57. The summed E-state index contributed by atoms with van der Waals surface area (Å²) in [6.45, 7) is 2.14. The quantitative estimate of drug-likeness (QED) is 0.698. The summed E-state index contributed by atoms with van der Waals surface area (Å²) in [6, 6.07) is 10.5. The average molecular weight is 256 g/mol. The molecule has 0 radical (unpaired) electrons. The number of hydrogen-bond donors (Lipinski definition) is 0. The molecule has 1 aromatic rings. The van der Waals surface area contributed by atoms with Crippen LogP contribution in [0, 0.1) is 5.92 Å². The van der Waals surface area contributed by atoms with Gasteiger partial charge in [-0.15, -0.1) is 0 Å². The first-order chi connectivity index (χ1) is 9.29. The Morgan fingerprint density at radius 3 is 2.84 bits per heavy atom. The lowest BCUT2D eigenvalue weighted by Gasteiger charge is -2.11. The fraction of sp³-hybridized carbons (Fsp3) is 0.500. The molecular formula is C18H24O. The van der Waals surface area contributed by atoms with Gasteiger partial charge in [-0.25, -0.2) is 0 Å². The van der Waals surface area contributed by atoms with Gasteiger partial charge in [-0.05, 0) is 37.2 Å². The number of hydrogen-bond acceptors (Lipinski definition) is 1. The Balaban J connectivity index is 1.97. The fourth-order valence-corrected chi connectivity index (χ4v) is 2.88. The molecule has 19 heavy (non-hydrogen) atoms. The molecule has 0 amide bonds. The molecule has 1 heteroatoms. The first-order valence-corrected chi connectivity index (χ1v) is 7.57. The van der Waals surface area contributed by atoms with Crippen LogP contribution in [0.2, 0.25) is 0 Å². The summed E-state index contributed by atoms with van der Waals surface area (Å²) in [6.07, 6.45) is 9.59. The van der Waals surface area contributed by atoms with Crippen molar-refractivity contribution in [3.8, 4) is 0 Å². The highest BCUT2D eigenvalue weighted by Gasteiger charge is 2.23. The second-order valence-electron chi connectivity index (χ2n) is 5.57. The molecule has 1 aliphatic rings. The molecule has 0 saturated heterocycles. The highest BCUT2D eigenvalue weighted by atomic mass is 16.1. The number of benzene rings is 1. The van der Waals surface area contributed by atoms with E-state index in [-0.39, 0.29) is 0 Å². The summed E-state index contributed by atoms with van der Waals surface area (Å²) >= 11 is 0. The molecule has 1 aromatic carbocycles. The van der Waals surface area contributed by atoms with Gasteiger partial charge in [-0.2, -0.15) is 0 Å². The van der Waals surface area contributed by atoms with Crippen LogP contribution in [0.3, 0.4) is 0 Å². The maximum absolute atomic E-state index is 11.9. The second-order valence-corrected chi connectivity index (χ2v) is 5.57. The third-order valence-electron chi connectivity index (χ3n) is 3.98. The van der Waals surface area contributed by atoms with Crippen molar-refractivity contribution >= 4 is 11.9 Å². The minimum absolute atomic E-state index is 0.452. The lowest BCUT2D eigenvalue weighted by molar-refractivity contribution is -0.119. The van der Waals surface area contributed by atoms with Gasteiger partial charge >= 0.3 is 0 Å². The van der Waals surface area contributed by atoms with E-state index in [1.807, 2.05) is 6.07 Å². The van der Waals surface area contributed by atoms with E-state index >= 15 is 0 Å². The number of carbonyl (C=O) groups excluding carboxylic acids is 1. The Bertz CT molecular complexity index is 430. The summed E-state index contributed by atoms with van der Waals surface area (Å²) in [5.41, 5.74) is 2.75. The number of allylic oxidation sites excluding steroid dienone is 1. The number of Topliss-reactive ketones (excluding diaryl/α,β-unsaturated/α-hetero) is 1. The summed E-state index contributed by atoms with van der Waals surface area (Å²) < 4.78 is 0. The van der Waals surface area contributed by atoms with Gasteiger partial charge in [0.1, 0.15) is 5.78 Å². The molecule has 2 rings (SSSR count). The average Bonchev–Trinajstić information content (AvgIpc) is 2.85. The van der Waals surface area contributed by atoms with E-state index in [4.69, 9.17) is 0 Å². The molecule has 1 aliphatic carbocycles. The minimum Gasteiger partial charge on any atom is -0.300 e. The van der Waals surface area contributed by atoms with Crippen LogP contribution in [-0.2, 0) is 4.79 Å². The van der Waals surface area contributed by atoms with Crippen molar-refractivity contribution in [1.82, 2.24) is 0 Å². The normalized spacial score (nSPS) is 20.9. The molecular weight excluding hydrogens is 232 g/mol. The summed E-state index contributed by atoms with van der Waals surface area (Å²) in [5.74, 6) is 0.956. The van der Waals surface area contributed by atoms with E-state index in [1.54, 1.807) is 0 Å². The van der Waals surface area contributed by atoms with Crippen molar-refractivity contribution in [3.05, 3.63) is 41.5 Å². The van der Waals surface area contributed by atoms with Crippen LogP contribution >= 0.6 is 0 Å². The van der Waals surface area contributed by atoms with Crippen LogP contribution in [-0.4, -0.2) is 5.78 Å². The molecule has 0 N–H and O–H groups in total. The third kappa shape index (κ3) is 4.34. The Morgan fingerprint density at radius 1 is 1.32 bits per heavy atom. The standard InChI is InChI=1S/C18H24O/c1-2-3-12-18(19)14-17-11-7-10-16(17)13-15-8-5-4-6-9-15/h4-6,8-9,13,17H,2-3,7,10-12,14H2,1H3/b16-13-. The van der Waals surface area contributed by atoms with Crippen molar-refractivity contribution in [3.63, 3.8) is 0 Å². The largest absolute Gasteiger partial charge is 0.300 e. The predicted octanol–water partition coefficient (Wildman–Crippen LogP) is 5.02. The molecule has 0 aliphatic heterocycles. The molecule has 0 aromatic heterocycles. The molecule has 1 fully saturated rings. The summed E-state index contributed by atoms with van der Waals surface area (Å²) in [4.78, 5) is 11.9. The maximum Gasteiger partial charge on any atom is 0.133 e. The van der Waals surface area contributed by atoms with Crippen molar-refractivity contribution in [2.45, 2.75) is 51.9 Å². The zero-order valence-electron chi connectivity index (χ0n) is 11.9. The lowest BCUT2D eigenvalue weighted by atomic mass is 9.93. The molecule has 0 bridgehead atoms. The Hall–Kier alpha value is -1.37. The Labute approximate surface area is 116 Å². The molecule has 1 atom stereocenters. The van der Waals surface area contributed by atoms with E-state index in [1.165, 1.54) is 30.4 Å². The van der Waals surface area contributed by atoms with Crippen molar-refractivity contribution in [2.24, 2.45) is 5.92 Å². The molecule has 102 valence electrons. The SMILES string of the molecule is CCCCC(=O)CC1CCC/C1=C/c1ccccc1. The van der Waals surface area contributed by atoms with Gasteiger partial charge in [0.2, 0.25) is 0 Å². The van der Waals surface area contributed by atoms with Crippen LogP contribution in [0.25, 0.3) is 6.08 Å². The second kappa shape index (κ2) is 7.28. The van der Waals surface area contributed by atoms with Crippen molar-refractivity contribution in [1.29, 1.82) is 0 Å². The zero-order chi connectivity index (χ0) is 13.5. The number of ketones is 1. The first kappa shape index (κ1) is 14.0. The third-order valence-corrected chi connectivity index (χ3v) is 3.98. The van der Waals surface area contributed by atoms with E-state index in [9.17, 15) is 4.79 Å². The minimum atomic E-state index is 0.452. The van der Waals surface area contributed by atoms with Crippen molar-refractivity contribution < 1.29 is 4.79 Å². The van der Waals surface area contributed by atoms with E-state index in [0.717, 1.165) is 25.7 Å². The molecule has 0 spiro atoms. The number of carbonyl (C=O) groups is 1. The molecule has 1 unspecified atom stereocenters. The predicted molar refractivity (Wildman–Crippen MR) is 80.9 cm³/mol. The van der Waals surface area contributed by atoms with Gasteiger partial charge in [0.25, 0.3) is 0 Å². The van der Waals surface area contributed by atoms with Crippen LogP contribution in [0.4, 0.5) is 0 Å². The van der Waals surface area contributed by atoms with Gasteiger partial charge in [0.05, 0.1) is 0 Å². The van der Waals surface area contributed by atoms with Crippen LogP contribution in [0.1, 0.15) is 57.4 Å². The number of unbranched alkanes of at least 4 members (excludes halogenated alkanes) is 1. The van der Waals surface area contributed by atoms with E-state index < -0.39 is 0 Å². The van der Waals surface area contributed by atoms with E-state index in [0.29, 0.717) is 11.7 Å². The van der Waals surface area contributed by atoms with Crippen LogP contribution < -0.4 is 0 Å². The lowest BCUT2D eigenvalue weighted by Crippen LogP contribution is -2.06. The molecule has 1 nitrogen and oxygen atoms in total. The Morgan fingerprint density at radius 2 is 2.11 bits per heavy atom. The highest BCUT2D eigenvalue weighted by molar-refractivity contribution is 5.79. The van der Waals surface area contributed by atoms with Gasteiger partial charge in [0, 0.05) is 12.8 Å². The van der Waals surface area contributed by atoms with Crippen molar-refractivity contribution in [2.75, 3.05) is 0 Å². The van der Waals surface area contributed by atoms with Gasteiger partial charge in [-0.3, -0.25) is 4.79 Å². The topological polar surface area (TPSA) is 17.1 Å². The number of rotatable bonds is 6. The zero-order valence-corrected chi connectivity index (χ0v) is 11.9. The molecule has 0 heterocycles. The smallest absolute Gasteiger partial charge is 0.133 e. The van der Waals surface area contributed by atoms with E-state index in [2.05, 4.69) is 37.3 Å².